The molecule has 0 saturated heterocycles. The molecule has 0 spiro atoms. The summed E-state index contributed by atoms with van der Waals surface area (Å²) < 4.78 is 31.5. The van der Waals surface area contributed by atoms with E-state index in [1.54, 1.807) is 7.11 Å². The number of ether oxygens (including phenoxy) is 6. The lowest BCUT2D eigenvalue weighted by atomic mass is 9.88. The topological polar surface area (TPSA) is 223 Å². The average molecular weight is 865 g/mol. The summed E-state index contributed by atoms with van der Waals surface area (Å²) in [7, 11) is 1.55. The van der Waals surface area contributed by atoms with Crippen LogP contribution in [-0.4, -0.2) is 146 Å². The largest absolute Gasteiger partial charge is 0.382 e. The molecule has 0 saturated carbocycles. The zero-order chi connectivity index (χ0) is 45.1. The molecule has 1 aromatic rings. The number of hydrogen-bond acceptors (Lipinski definition) is 13. The molecule has 0 aromatic heterocycles. The first-order valence-corrected chi connectivity index (χ1v) is 21.5. The van der Waals surface area contributed by atoms with Gasteiger partial charge in [-0.2, -0.15) is 0 Å². The highest BCUT2D eigenvalue weighted by Crippen LogP contribution is 2.19. The Balaban J connectivity index is 2.91. The molecule has 61 heavy (non-hydrogen) atoms. The predicted octanol–water partition coefficient (Wildman–Crippen LogP) is 2.16. The molecule has 0 radical (unpaired) electrons. The van der Waals surface area contributed by atoms with Crippen LogP contribution in [0.5, 0.6) is 0 Å². The molecule has 3 atom stereocenters. The molecule has 0 aliphatic heterocycles. The number of hydrogen-bond donors (Lipinski definition) is 4. The van der Waals surface area contributed by atoms with Crippen molar-refractivity contribution < 1.29 is 62.0 Å². The number of carbonyl (C=O) groups excluding carboxylic acids is 7. The van der Waals surface area contributed by atoms with Gasteiger partial charge < -0.3 is 49.7 Å². The van der Waals surface area contributed by atoms with Crippen LogP contribution in [0, 0.1) is 17.8 Å². The number of carbonyl (C=O) groups is 7. The molecule has 0 bridgehead atoms. The van der Waals surface area contributed by atoms with E-state index in [1.807, 2.05) is 58.0 Å². The van der Waals surface area contributed by atoms with Crippen molar-refractivity contribution in [2.75, 3.05) is 99.4 Å². The molecule has 17 nitrogen and oxygen atoms in total. The summed E-state index contributed by atoms with van der Waals surface area (Å²) in [6, 6.07) is 8.17. The van der Waals surface area contributed by atoms with Crippen LogP contribution in [0.15, 0.2) is 30.3 Å². The maximum atomic E-state index is 13.9. The number of ketones is 3. The number of methoxy groups -OCH3 is 1. The van der Waals surface area contributed by atoms with Gasteiger partial charge in [0.05, 0.1) is 65.4 Å². The number of nitrogens with one attached hydrogen (secondary N) is 4. The zero-order valence-electron chi connectivity index (χ0n) is 37.1. The van der Waals surface area contributed by atoms with Gasteiger partial charge >= 0.3 is 0 Å². The van der Waals surface area contributed by atoms with Gasteiger partial charge in [0, 0.05) is 77.4 Å². The predicted molar refractivity (Wildman–Crippen MR) is 228 cm³/mol. The second kappa shape index (κ2) is 35.5. The third-order valence-corrected chi connectivity index (χ3v) is 9.20. The van der Waals surface area contributed by atoms with Gasteiger partial charge in [-0.15, -0.1) is 0 Å². The number of Topliss-reactive ketones (excluding diaryl/α,β-unsaturated/α-hetero) is 3. The summed E-state index contributed by atoms with van der Waals surface area (Å²) in [4.78, 5) is 91.8. The minimum atomic E-state index is -0.966. The molecule has 346 valence electrons. The SMILES string of the molecule is CCOCCOCCNC(=O)CCC(CC(=O)CNC(=O)C(CC(=O)C(Cc1ccccc1)NC(=O)CCC(=O)COCCOCC)CC(C)C)C(=O)NCCOCCOC. The highest BCUT2D eigenvalue weighted by atomic mass is 16.5. The normalized spacial score (nSPS) is 12.6. The molecular weight excluding hydrogens is 792 g/mol. The van der Waals surface area contributed by atoms with E-state index in [9.17, 15) is 33.6 Å². The first-order chi connectivity index (χ1) is 29.4. The minimum Gasteiger partial charge on any atom is -0.382 e. The third kappa shape index (κ3) is 28.9. The zero-order valence-corrected chi connectivity index (χ0v) is 37.1. The summed E-state index contributed by atoms with van der Waals surface area (Å²) in [5.41, 5.74) is 0.799. The van der Waals surface area contributed by atoms with E-state index in [0.717, 1.165) is 5.56 Å². The van der Waals surface area contributed by atoms with Gasteiger partial charge in [-0.1, -0.05) is 44.2 Å². The molecule has 17 heteroatoms. The maximum Gasteiger partial charge on any atom is 0.223 e. The van der Waals surface area contributed by atoms with Gasteiger partial charge in [-0.05, 0) is 44.6 Å². The van der Waals surface area contributed by atoms with E-state index in [-0.39, 0.29) is 108 Å². The number of rotatable bonds is 39. The van der Waals surface area contributed by atoms with Crippen molar-refractivity contribution >= 4 is 41.0 Å². The van der Waals surface area contributed by atoms with E-state index in [4.69, 9.17) is 28.4 Å². The molecule has 0 aliphatic rings. The van der Waals surface area contributed by atoms with Crippen molar-refractivity contribution in [3.63, 3.8) is 0 Å². The Morgan fingerprint density at radius 2 is 1.21 bits per heavy atom. The van der Waals surface area contributed by atoms with E-state index in [2.05, 4.69) is 21.3 Å². The smallest absolute Gasteiger partial charge is 0.223 e. The first-order valence-electron chi connectivity index (χ1n) is 21.5. The molecule has 0 aliphatic carbocycles. The van der Waals surface area contributed by atoms with E-state index >= 15 is 0 Å². The van der Waals surface area contributed by atoms with Gasteiger partial charge in [0.15, 0.2) is 17.3 Å². The van der Waals surface area contributed by atoms with Crippen LogP contribution in [0.1, 0.15) is 78.2 Å². The van der Waals surface area contributed by atoms with Gasteiger partial charge in [-0.3, -0.25) is 33.6 Å². The fraction of sp³-hybridized carbons (Fsp3) is 0.705. The van der Waals surface area contributed by atoms with Crippen molar-refractivity contribution in [3.8, 4) is 0 Å². The molecule has 4 N–H and O–H groups in total. The Morgan fingerprint density at radius 1 is 0.607 bits per heavy atom. The quantitative estimate of drug-likeness (QED) is 0.0698. The first kappa shape index (κ1) is 54.9. The van der Waals surface area contributed by atoms with Crippen molar-refractivity contribution in [3.05, 3.63) is 35.9 Å². The molecule has 0 heterocycles. The standard InChI is InChI=1S/C44H72N4O13/c1-6-57-23-25-60-19-17-45-41(52)15-13-35(43(54)46-18-20-59-22-21-56-5)29-38(50)31-47-44(55)36(27-33(3)4)30-40(51)39(28-34-11-9-8-10-12-34)48-42(53)16-14-37(49)32-61-26-24-58-7-2/h8-12,33,35-36,39H,6-7,13-32H2,1-5H3,(H,45,52)(H,46,54)(H,47,55)(H,48,53). The van der Waals surface area contributed by atoms with E-state index in [1.165, 1.54) is 0 Å². The highest BCUT2D eigenvalue weighted by Gasteiger charge is 2.30. The average Bonchev–Trinajstić information content (AvgIpc) is 3.23. The second-order valence-corrected chi connectivity index (χ2v) is 14.8. The lowest BCUT2D eigenvalue weighted by Gasteiger charge is -2.23. The fourth-order valence-electron chi connectivity index (χ4n) is 6.03. The van der Waals surface area contributed by atoms with Gasteiger partial charge in [0.25, 0.3) is 0 Å². The van der Waals surface area contributed by atoms with Crippen LogP contribution in [0.4, 0.5) is 0 Å². The van der Waals surface area contributed by atoms with Crippen LogP contribution in [-0.2, 0) is 68.4 Å². The lowest BCUT2D eigenvalue weighted by Crippen LogP contribution is -2.45. The summed E-state index contributed by atoms with van der Waals surface area (Å²) >= 11 is 0. The molecule has 1 rings (SSSR count). The molecular formula is C44H72N4O13. The monoisotopic (exact) mass is 865 g/mol. The van der Waals surface area contributed by atoms with Crippen LogP contribution in [0.2, 0.25) is 0 Å². The Labute approximate surface area is 361 Å². The van der Waals surface area contributed by atoms with Crippen LogP contribution >= 0.6 is 0 Å². The van der Waals surface area contributed by atoms with Gasteiger partial charge in [-0.25, -0.2) is 0 Å². The Morgan fingerprint density at radius 3 is 1.85 bits per heavy atom. The van der Waals surface area contributed by atoms with Crippen LogP contribution in [0.3, 0.4) is 0 Å². The maximum absolute atomic E-state index is 13.9. The van der Waals surface area contributed by atoms with Crippen molar-refractivity contribution in [2.45, 2.75) is 85.1 Å². The lowest BCUT2D eigenvalue weighted by molar-refractivity contribution is -0.133. The van der Waals surface area contributed by atoms with Gasteiger partial charge in [0.1, 0.15) is 6.61 Å². The van der Waals surface area contributed by atoms with Crippen molar-refractivity contribution in [1.29, 1.82) is 0 Å². The molecule has 3 unspecified atom stereocenters. The molecule has 0 fully saturated rings. The van der Waals surface area contributed by atoms with Crippen LogP contribution in [0.25, 0.3) is 0 Å². The number of amides is 4. The summed E-state index contributed by atoms with van der Waals surface area (Å²) in [5.74, 6) is -4.41. The number of benzene rings is 1. The van der Waals surface area contributed by atoms with Crippen molar-refractivity contribution in [2.24, 2.45) is 17.8 Å². The fourth-order valence-corrected chi connectivity index (χ4v) is 6.03. The Kier molecular flexibility index (Phi) is 31.9. The summed E-state index contributed by atoms with van der Waals surface area (Å²) in [5, 5.41) is 10.9. The van der Waals surface area contributed by atoms with E-state index in [0.29, 0.717) is 59.3 Å². The minimum absolute atomic E-state index is 0.0139. The third-order valence-electron chi connectivity index (χ3n) is 9.20. The highest BCUT2D eigenvalue weighted by molar-refractivity contribution is 5.95. The summed E-state index contributed by atoms with van der Waals surface area (Å²) in [6.45, 7) is 11.4. The van der Waals surface area contributed by atoms with Crippen LogP contribution < -0.4 is 21.3 Å². The van der Waals surface area contributed by atoms with Crippen molar-refractivity contribution in [1.82, 2.24) is 21.3 Å². The van der Waals surface area contributed by atoms with E-state index < -0.39 is 41.4 Å². The summed E-state index contributed by atoms with van der Waals surface area (Å²) in [6.07, 6.45) is -0.0542. The Bertz CT molecular complexity index is 1410. The second-order valence-electron chi connectivity index (χ2n) is 14.8. The Hall–Kier alpha value is -4.13. The van der Waals surface area contributed by atoms with Gasteiger partial charge in [0.2, 0.25) is 23.6 Å². The molecule has 1 aromatic carbocycles. The molecule has 4 amide bonds.